The van der Waals surface area contributed by atoms with Crippen molar-refractivity contribution in [3.63, 3.8) is 0 Å². The molecule has 0 aliphatic heterocycles. The van der Waals surface area contributed by atoms with Crippen LogP contribution in [0.2, 0.25) is 0 Å². The maximum absolute atomic E-state index is 12.6. The fourth-order valence-corrected chi connectivity index (χ4v) is 2.64. The Morgan fingerprint density at radius 2 is 2.00 bits per heavy atom. The summed E-state index contributed by atoms with van der Waals surface area (Å²) in [5.41, 5.74) is -1.80. The zero-order valence-corrected chi connectivity index (χ0v) is 11.4. The summed E-state index contributed by atoms with van der Waals surface area (Å²) >= 11 is 1.37. The molecule has 0 saturated heterocycles. The average molecular weight is 292 g/mol. The van der Waals surface area contributed by atoms with Crippen LogP contribution in [-0.2, 0) is 6.18 Å². The van der Waals surface area contributed by atoms with Crippen molar-refractivity contribution in [2.45, 2.75) is 31.3 Å². The summed E-state index contributed by atoms with van der Waals surface area (Å²) in [6.45, 7) is 4.10. The van der Waals surface area contributed by atoms with E-state index in [1.165, 1.54) is 17.8 Å². The highest BCUT2D eigenvalue weighted by molar-refractivity contribution is 7.99. The lowest BCUT2D eigenvalue weighted by Crippen LogP contribution is -2.12. The quantitative estimate of drug-likeness (QED) is 0.809. The number of alkyl halides is 3. The summed E-state index contributed by atoms with van der Waals surface area (Å²) in [6, 6.07) is 3.25. The van der Waals surface area contributed by atoms with Gasteiger partial charge in [-0.3, -0.25) is 0 Å². The monoisotopic (exact) mass is 292 g/mol. The van der Waals surface area contributed by atoms with E-state index in [0.29, 0.717) is 10.8 Å². The summed E-state index contributed by atoms with van der Waals surface area (Å²) in [6.07, 6.45) is -3.72. The molecule has 1 aromatic rings. The molecule has 6 heteroatoms. The van der Waals surface area contributed by atoms with Crippen molar-refractivity contribution in [2.75, 3.05) is 5.75 Å². The number of carbonyl (C=O) groups is 1. The van der Waals surface area contributed by atoms with Gasteiger partial charge in [0.15, 0.2) is 0 Å². The molecule has 2 nitrogen and oxygen atoms in total. The molecule has 0 saturated carbocycles. The van der Waals surface area contributed by atoms with E-state index >= 15 is 0 Å². The molecule has 0 spiro atoms. The minimum absolute atomic E-state index is 0.501. The Hall–Kier alpha value is -1.17. The Labute approximate surface area is 114 Å². The van der Waals surface area contributed by atoms with Gasteiger partial charge in [-0.2, -0.15) is 13.2 Å². The summed E-state index contributed by atoms with van der Waals surface area (Å²) in [5, 5.41) is 8.86. The van der Waals surface area contributed by atoms with Gasteiger partial charge in [0.05, 0.1) is 11.1 Å². The van der Waals surface area contributed by atoms with Crippen LogP contribution in [0.3, 0.4) is 0 Å². The van der Waals surface area contributed by atoms with Gasteiger partial charge in [-0.25, -0.2) is 4.79 Å². The van der Waals surface area contributed by atoms with E-state index in [9.17, 15) is 18.0 Å². The van der Waals surface area contributed by atoms with E-state index in [2.05, 4.69) is 13.8 Å². The van der Waals surface area contributed by atoms with Crippen LogP contribution in [0, 0.1) is 5.92 Å². The van der Waals surface area contributed by atoms with E-state index in [0.717, 1.165) is 24.3 Å². The highest BCUT2D eigenvalue weighted by atomic mass is 32.2. The minimum Gasteiger partial charge on any atom is -0.478 e. The van der Waals surface area contributed by atoms with Crippen molar-refractivity contribution in [3.05, 3.63) is 29.3 Å². The Kier molecular flexibility index (Phi) is 5.29. The van der Waals surface area contributed by atoms with Crippen molar-refractivity contribution in [2.24, 2.45) is 5.92 Å². The molecular formula is C13H15F3O2S. The Morgan fingerprint density at radius 1 is 1.37 bits per heavy atom. The van der Waals surface area contributed by atoms with Gasteiger partial charge in [0.2, 0.25) is 0 Å². The van der Waals surface area contributed by atoms with Gasteiger partial charge in [0, 0.05) is 4.90 Å². The normalized spacial score (nSPS) is 11.9. The van der Waals surface area contributed by atoms with E-state index in [1.54, 1.807) is 0 Å². The van der Waals surface area contributed by atoms with Crippen LogP contribution in [0.25, 0.3) is 0 Å². The van der Waals surface area contributed by atoms with Gasteiger partial charge in [0.1, 0.15) is 0 Å². The molecule has 0 bridgehead atoms. The second-order valence-corrected chi connectivity index (χ2v) is 5.71. The van der Waals surface area contributed by atoms with Crippen molar-refractivity contribution >= 4 is 17.7 Å². The van der Waals surface area contributed by atoms with Gasteiger partial charge >= 0.3 is 12.1 Å². The number of hydrogen-bond donors (Lipinski definition) is 1. The Balaban J connectivity index is 2.94. The summed E-state index contributed by atoms with van der Waals surface area (Å²) in [5.74, 6) is -0.304. The van der Waals surface area contributed by atoms with Crippen molar-refractivity contribution in [1.29, 1.82) is 0 Å². The number of carboxylic acid groups (broad SMARTS) is 1. The first-order valence-electron chi connectivity index (χ1n) is 5.79. The number of benzene rings is 1. The largest absolute Gasteiger partial charge is 0.478 e. The molecule has 1 rings (SSSR count). The number of halogens is 3. The smallest absolute Gasteiger partial charge is 0.417 e. The molecular weight excluding hydrogens is 277 g/mol. The van der Waals surface area contributed by atoms with Crippen molar-refractivity contribution in [1.82, 2.24) is 0 Å². The molecule has 1 aromatic carbocycles. The third-order valence-corrected chi connectivity index (χ3v) is 3.52. The lowest BCUT2D eigenvalue weighted by atomic mass is 10.1. The molecule has 106 valence electrons. The summed E-state index contributed by atoms with van der Waals surface area (Å²) < 4.78 is 37.9. The topological polar surface area (TPSA) is 37.3 Å². The highest BCUT2D eigenvalue weighted by Crippen LogP contribution is 2.34. The van der Waals surface area contributed by atoms with Crippen LogP contribution >= 0.6 is 11.8 Å². The van der Waals surface area contributed by atoms with Crippen LogP contribution in [0.15, 0.2) is 23.1 Å². The fraction of sp³-hybridized carbons (Fsp3) is 0.462. The lowest BCUT2D eigenvalue weighted by Gasteiger charge is -2.12. The molecule has 0 fully saturated rings. The third kappa shape index (κ3) is 4.78. The van der Waals surface area contributed by atoms with Gasteiger partial charge in [0.25, 0.3) is 0 Å². The van der Waals surface area contributed by atoms with Crippen LogP contribution in [0.4, 0.5) is 13.2 Å². The number of aromatic carboxylic acids is 1. The third-order valence-electron chi connectivity index (χ3n) is 2.49. The SMILES string of the molecule is CC(C)CCSc1ccc(C(F)(F)F)c(C(=O)O)c1. The van der Waals surface area contributed by atoms with Gasteiger partial charge in [-0.15, -0.1) is 11.8 Å². The number of rotatable bonds is 5. The van der Waals surface area contributed by atoms with E-state index < -0.39 is 23.3 Å². The zero-order chi connectivity index (χ0) is 14.6. The van der Waals surface area contributed by atoms with Crippen LogP contribution in [-0.4, -0.2) is 16.8 Å². The van der Waals surface area contributed by atoms with E-state index in [4.69, 9.17) is 5.11 Å². The Bertz CT molecular complexity index is 456. The van der Waals surface area contributed by atoms with E-state index in [-0.39, 0.29) is 0 Å². The predicted molar refractivity (Wildman–Crippen MR) is 68.6 cm³/mol. The van der Waals surface area contributed by atoms with Crippen LogP contribution in [0.1, 0.15) is 36.2 Å². The zero-order valence-electron chi connectivity index (χ0n) is 10.6. The van der Waals surface area contributed by atoms with E-state index in [1.807, 2.05) is 0 Å². The molecule has 19 heavy (non-hydrogen) atoms. The van der Waals surface area contributed by atoms with Crippen LogP contribution in [0.5, 0.6) is 0 Å². The first-order valence-corrected chi connectivity index (χ1v) is 6.77. The molecule has 1 N–H and O–H groups in total. The number of carboxylic acids is 1. The van der Waals surface area contributed by atoms with Crippen LogP contribution < -0.4 is 0 Å². The molecule has 0 unspecified atom stereocenters. The van der Waals surface area contributed by atoms with Crippen molar-refractivity contribution in [3.8, 4) is 0 Å². The second-order valence-electron chi connectivity index (χ2n) is 4.54. The molecule has 0 radical (unpaired) electrons. The molecule has 0 atom stereocenters. The minimum atomic E-state index is -4.64. The second kappa shape index (κ2) is 6.32. The van der Waals surface area contributed by atoms with Crippen molar-refractivity contribution < 1.29 is 23.1 Å². The average Bonchev–Trinajstić information content (AvgIpc) is 2.26. The molecule has 0 aromatic heterocycles. The summed E-state index contributed by atoms with van der Waals surface area (Å²) in [7, 11) is 0. The van der Waals surface area contributed by atoms with Gasteiger partial charge < -0.3 is 5.11 Å². The summed E-state index contributed by atoms with van der Waals surface area (Å²) in [4.78, 5) is 11.4. The highest BCUT2D eigenvalue weighted by Gasteiger charge is 2.35. The fourth-order valence-electron chi connectivity index (χ4n) is 1.45. The molecule has 0 amide bonds. The first-order chi connectivity index (χ1) is 8.71. The lowest BCUT2D eigenvalue weighted by molar-refractivity contribution is -0.138. The molecule has 0 aliphatic carbocycles. The molecule has 0 aliphatic rings. The first kappa shape index (κ1) is 15.9. The standard InChI is InChI=1S/C13H15F3O2S/c1-8(2)5-6-19-9-3-4-11(13(14,15)16)10(7-9)12(17)18/h3-4,7-8H,5-6H2,1-2H3,(H,17,18). The number of thioether (sulfide) groups is 1. The Morgan fingerprint density at radius 3 is 2.47 bits per heavy atom. The maximum Gasteiger partial charge on any atom is 0.417 e. The molecule has 0 heterocycles. The maximum atomic E-state index is 12.6. The predicted octanol–water partition coefficient (Wildman–Crippen LogP) is 4.54. The van der Waals surface area contributed by atoms with Gasteiger partial charge in [-0.1, -0.05) is 13.8 Å². The number of hydrogen-bond acceptors (Lipinski definition) is 2. The van der Waals surface area contributed by atoms with Gasteiger partial charge in [-0.05, 0) is 36.3 Å².